The maximum Gasteiger partial charge on any atom is 0.213 e. The second-order valence-corrected chi connectivity index (χ2v) is 4.54. The van der Waals surface area contributed by atoms with Gasteiger partial charge < -0.3 is 9.72 Å². The van der Waals surface area contributed by atoms with Crippen LogP contribution in [0.2, 0.25) is 10.2 Å². The van der Waals surface area contributed by atoms with Crippen molar-refractivity contribution in [2.24, 2.45) is 0 Å². The molecule has 2 rings (SSSR count). The number of benzene rings is 1. The van der Waals surface area contributed by atoms with Gasteiger partial charge in [0.25, 0.3) is 0 Å². The number of hydrogen-bond donors (Lipinski definition) is 1. The highest BCUT2D eigenvalue weighted by molar-refractivity contribution is 6.41. The number of rotatable bonds is 4. The highest BCUT2D eigenvalue weighted by Gasteiger charge is 2.17. The summed E-state index contributed by atoms with van der Waals surface area (Å²) in [6.45, 7) is 1.83. The van der Waals surface area contributed by atoms with E-state index >= 15 is 0 Å². The average molecular weight is 296 g/mol. The fourth-order valence-corrected chi connectivity index (χ4v) is 1.88. The minimum absolute atomic E-state index is 0.228. The smallest absolute Gasteiger partial charge is 0.213 e. The summed E-state index contributed by atoms with van der Waals surface area (Å²) in [6.07, 6.45) is 3.25. The van der Waals surface area contributed by atoms with Crippen LogP contribution >= 0.6 is 23.2 Å². The Hall–Kier alpha value is -1.71. The van der Waals surface area contributed by atoms with E-state index in [1.807, 2.05) is 6.92 Å². The molecule has 2 aromatic rings. The number of ketones is 1. The number of ether oxygens (including phenoxy) is 1. The van der Waals surface area contributed by atoms with Gasteiger partial charge in [0.2, 0.25) is 5.78 Å². The zero-order valence-electron chi connectivity index (χ0n) is 10.1. The summed E-state index contributed by atoms with van der Waals surface area (Å²) < 4.78 is 5.38. The Morgan fingerprint density at radius 3 is 2.68 bits per heavy atom. The number of para-hydroxylation sites is 1. The van der Waals surface area contributed by atoms with Crippen LogP contribution in [0.25, 0.3) is 0 Å². The molecular weight excluding hydrogens is 285 g/mol. The van der Waals surface area contributed by atoms with Gasteiger partial charge in [-0.1, -0.05) is 41.4 Å². The number of halogens is 2. The first-order valence-electron chi connectivity index (χ1n) is 5.59. The highest BCUT2D eigenvalue weighted by Crippen LogP contribution is 2.26. The second kappa shape index (κ2) is 5.95. The molecule has 1 aromatic heterocycles. The summed E-state index contributed by atoms with van der Waals surface area (Å²) in [5.41, 5.74) is 0.765. The number of H-pyrrole nitrogens is 1. The number of carbonyl (C=O) groups is 1. The van der Waals surface area contributed by atoms with Crippen LogP contribution in [0.5, 0.6) is 5.75 Å². The normalized spacial score (nSPS) is 10.9. The molecule has 5 heteroatoms. The molecule has 0 atom stereocenters. The SMILES string of the molecule is CC=COc1ccccc1C(=O)c1cc(Cl)c(Cl)[nH]1. The van der Waals surface area contributed by atoms with E-state index in [0.717, 1.165) is 0 Å². The maximum absolute atomic E-state index is 12.3. The van der Waals surface area contributed by atoms with E-state index in [0.29, 0.717) is 22.0 Å². The van der Waals surface area contributed by atoms with Gasteiger partial charge in [0.15, 0.2) is 0 Å². The van der Waals surface area contributed by atoms with E-state index < -0.39 is 0 Å². The minimum atomic E-state index is -0.228. The quantitative estimate of drug-likeness (QED) is 0.668. The molecule has 0 aliphatic rings. The molecular formula is C14H11Cl2NO2. The van der Waals surface area contributed by atoms with Crippen LogP contribution in [-0.2, 0) is 0 Å². The van der Waals surface area contributed by atoms with Gasteiger partial charge in [-0.15, -0.1) is 0 Å². The minimum Gasteiger partial charge on any atom is -0.465 e. The van der Waals surface area contributed by atoms with Crippen LogP contribution in [0.1, 0.15) is 23.0 Å². The van der Waals surface area contributed by atoms with Crippen LogP contribution in [0.15, 0.2) is 42.7 Å². The maximum atomic E-state index is 12.3. The molecule has 1 N–H and O–H groups in total. The third kappa shape index (κ3) is 3.00. The van der Waals surface area contributed by atoms with Crippen molar-refractivity contribution in [2.45, 2.75) is 6.92 Å². The second-order valence-electron chi connectivity index (χ2n) is 3.76. The van der Waals surface area contributed by atoms with Crippen molar-refractivity contribution in [2.75, 3.05) is 0 Å². The molecule has 1 aromatic carbocycles. The van der Waals surface area contributed by atoms with Gasteiger partial charge in [-0.3, -0.25) is 4.79 Å². The van der Waals surface area contributed by atoms with Gasteiger partial charge in [0, 0.05) is 0 Å². The lowest BCUT2D eigenvalue weighted by Gasteiger charge is -2.06. The van der Waals surface area contributed by atoms with Crippen molar-refractivity contribution in [1.29, 1.82) is 0 Å². The number of aromatic nitrogens is 1. The van der Waals surface area contributed by atoms with Gasteiger partial charge in [-0.05, 0) is 25.1 Å². The lowest BCUT2D eigenvalue weighted by Crippen LogP contribution is -2.03. The van der Waals surface area contributed by atoms with E-state index in [2.05, 4.69) is 4.98 Å². The van der Waals surface area contributed by atoms with Gasteiger partial charge in [-0.2, -0.15) is 0 Å². The fraction of sp³-hybridized carbons (Fsp3) is 0.0714. The zero-order valence-corrected chi connectivity index (χ0v) is 11.6. The lowest BCUT2D eigenvalue weighted by atomic mass is 10.1. The van der Waals surface area contributed by atoms with Gasteiger partial charge in [0.05, 0.1) is 22.5 Å². The average Bonchev–Trinajstić information content (AvgIpc) is 2.76. The van der Waals surface area contributed by atoms with Crippen LogP contribution in [0.3, 0.4) is 0 Å². The van der Waals surface area contributed by atoms with Crippen LogP contribution < -0.4 is 4.74 Å². The predicted molar refractivity (Wildman–Crippen MR) is 76.1 cm³/mol. The van der Waals surface area contributed by atoms with Crippen molar-refractivity contribution in [3.05, 3.63) is 64.1 Å². The van der Waals surface area contributed by atoms with E-state index in [9.17, 15) is 4.79 Å². The van der Waals surface area contributed by atoms with Crippen LogP contribution in [-0.4, -0.2) is 10.8 Å². The number of aromatic amines is 1. The van der Waals surface area contributed by atoms with E-state index in [1.165, 1.54) is 12.3 Å². The molecule has 0 radical (unpaired) electrons. The lowest BCUT2D eigenvalue weighted by molar-refractivity contribution is 0.103. The van der Waals surface area contributed by atoms with Crippen molar-refractivity contribution in [1.82, 2.24) is 4.98 Å². The van der Waals surface area contributed by atoms with Gasteiger partial charge in [-0.25, -0.2) is 0 Å². The zero-order chi connectivity index (χ0) is 13.8. The summed E-state index contributed by atoms with van der Waals surface area (Å²) in [5, 5.41) is 0.564. The van der Waals surface area contributed by atoms with E-state index in [4.69, 9.17) is 27.9 Å². The summed E-state index contributed by atoms with van der Waals surface area (Å²) in [7, 11) is 0. The third-order valence-corrected chi connectivity index (χ3v) is 3.13. The third-order valence-electron chi connectivity index (χ3n) is 2.43. The first-order chi connectivity index (χ1) is 9.13. The molecule has 0 saturated carbocycles. The largest absolute Gasteiger partial charge is 0.465 e. The topological polar surface area (TPSA) is 42.1 Å². The van der Waals surface area contributed by atoms with Crippen molar-refractivity contribution >= 4 is 29.0 Å². The van der Waals surface area contributed by atoms with E-state index in [1.54, 1.807) is 30.3 Å². The Morgan fingerprint density at radius 2 is 2.05 bits per heavy atom. The molecule has 0 spiro atoms. The summed E-state index contributed by atoms with van der Waals surface area (Å²) in [6, 6.07) is 8.47. The number of allylic oxidation sites excluding steroid dienone is 1. The highest BCUT2D eigenvalue weighted by atomic mass is 35.5. The summed E-state index contributed by atoms with van der Waals surface area (Å²) in [4.78, 5) is 15.1. The Bertz CT molecular complexity index is 613. The predicted octanol–water partition coefficient (Wildman–Crippen LogP) is 4.46. The molecule has 0 bridgehead atoms. The van der Waals surface area contributed by atoms with Crippen molar-refractivity contribution in [3.63, 3.8) is 0 Å². The Labute approximate surface area is 120 Å². The van der Waals surface area contributed by atoms with Gasteiger partial charge in [0.1, 0.15) is 10.9 Å². The molecule has 3 nitrogen and oxygen atoms in total. The van der Waals surface area contributed by atoms with Crippen molar-refractivity contribution < 1.29 is 9.53 Å². The standard InChI is InChI=1S/C14H11Cl2NO2/c1-2-7-19-12-6-4-3-5-9(12)13(18)11-8-10(15)14(16)17-11/h2-8,17H,1H3. The molecule has 0 aliphatic carbocycles. The number of hydrogen-bond acceptors (Lipinski definition) is 2. The fourth-order valence-electron chi connectivity index (χ4n) is 1.57. The first-order valence-corrected chi connectivity index (χ1v) is 6.34. The number of nitrogens with one attached hydrogen (secondary N) is 1. The van der Waals surface area contributed by atoms with Crippen molar-refractivity contribution in [3.8, 4) is 5.75 Å². The molecule has 19 heavy (non-hydrogen) atoms. The van der Waals surface area contributed by atoms with Crippen LogP contribution in [0, 0.1) is 0 Å². The number of carbonyl (C=O) groups excluding carboxylic acids is 1. The Kier molecular flexibility index (Phi) is 4.30. The molecule has 0 aliphatic heterocycles. The molecule has 98 valence electrons. The van der Waals surface area contributed by atoms with Crippen LogP contribution in [0.4, 0.5) is 0 Å². The molecule has 1 heterocycles. The molecule has 0 saturated heterocycles. The Balaban J connectivity index is 2.38. The van der Waals surface area contributed by atoms with Gasteiger partial charge >= 0.3 is 0 Å². The summed E-state index contributed by atoms with van der Waals surface area (Å²) >= 11 is 11.6. The molecule has 0 fully saturated rings. The summed E-state index contributed by atoms with van der Waals surface area (Å²) in [5.74, 6) is 0.251. The molecule has 0 amide bonds. The molecule has 0 unspecified atom stereocenters. The monoisotopic (exact) mass is 295 g/mol. The first kappa shape index (κ1) is 13.7. The Morgan fingerprint density at radius 1 is 1.32 bits per heavy atom. The van der Waals surface area contributed by atoms with E-state index in [-0.39, 0.29) is 10.9 Å².